The SMILES string of the molecule is CN(C(=O)CCc1cnn(-c2ccccc2)c1)[C@@H]1CCS(=O)(=O)C1. The van der Waals surface area contributed by atoms with Crippen LogP contribution in [0.5, 0.6) is 0 Å². The first-order chi connectivity index (χ1) is 11.4. The number of nitrogens with zero attached hydrogens (tertiary/aromatic N) is 3. The Bertz CT molecular complexity index is 815. The molecule has 1 fully saturated rings. The molecule has 128 valence electrons. The predicted molar refractivity (Wildman–Crippen MR) is 91.7 cm³/mol. The maximum Gasteiger partial charge on any atom is 0.222 e. The zero-order chi connectivity index (χ0) is 17.2. The summed E-state index contributed by atoms with van der Waals surface area (Å²) in [6, 6.07) is 9.60. The third kappa shape index (κ3) is 3.84. The molecule has 0 bridgehead atoms. The third-order valence-electron chi connectivity index (χ3n) is 4.43. The van der Waals surface area contributed by atoms with E-state index in [1.165, 1.54) is 0 Å². The quantitative estimate of drug-likeness (QED) is 0.821. The number of hydrogen-bond donors (Lipinski definition) is 0. The zero-order valence-corrected chi connectivity index (χ0v) is 14.4. The first-order valence-corrected chi connectivity index (χ1v) is 9.82. The second-order valence-electron chi connectivity index (χ2n) is 6.19. The summed E-state index contributed by atoms with van der Waals surface area (Å²) in [4.78, 5) is 13.9. The fourth-order valence-corrected chi connectivity index (χ4v) is 4.70. The van der Waals surface area contributed by atoms with Crippen molar-refractivity contribution in [1.82, 2.24) is 14.7 Å². The molecule has 2 aromatic rings. The molecule has 1 amide bonds. The first kappa shape index (κ1) is 16.7. The van der Waals surface area contributed by atoms with E-state index in [4.69, 9.17) is 0 Å². The number of para-hydroxylation sites is 1. The lowest BCUT2D eigenvalue weighted by atomic mass is 10.1. The molecule has 0 saturated carbocycles. The van der Waals surface area contributed by atoms with Gasteiger partial charge in [0.2, 0.25) is 5.91 Å². The average molecular weight is 347 g/mol. The van der Waals surface area contributed by atoms with Crippen LogP contribution in [-0.4, -0.2) is 53.6 Å². The van der Waals surface area contributed by atoms with E-state index in [1.807, 2.05) is 36.5 Å². The number of hydrogen-bond acceptors (Lipinski definition) is 4. The molecule has 7 heteroatoms. The third-order valence-corrected chi connectivity index (χ3v) is 6.18. The van der Waals surface area contributed by atoms with Gasteiger partial charge in [-0.1, -0.05) is 18.2 Å². The Morgan fingerprint density at radius 3 is 2.75 bits per heavy atom. The predicted octanol–water partition coefficient (Wildman–Crippen LogP) is 1.45. The molecule has 3 rings (SSSR count). The van der Waals surface area contributed by atoms with Crippen molar-refractivity contribution in [3.63, 3.8) is 0 Å². The number of rotatable bonds is 5. The van der Waals surface area contributed by atoms with Crippen molar-refractivity contribution in [2.24, 2.45) is 0 Å². The highest BCUT2D eigenvalue weighted by Crippen LogP contribution is 2.18. The summed E-state index contributed by atoms with van der Waals surface area (Å²) in [6.45, 7) is 0. The Hall–Kier alpha value is -2.15. The van der Waals surface area contributed by atoms with E-state index < -0.39 is 9.84 Å². The number of aromatic nitrogens is 2. The van der Waals surface area contributed by atoms with Gasteiger partial charge < -0.3 is 4.90 Å². The van der Waals surface area contributed by atoms with E-state index in [0.29, 0.717) is 19.3 Å². The van der Waals surface area contributed by atoms with Crippen LogP contribution in [0.3, 0.4) is 0 Å². The summed E-state index contributed by atoms with van der Waals surface area (Å²) in [5.41, 5.74) is 1.96. The number of amides is 1. The molecule has 2 heterocycles. The Morgan fingerprint density at radius 2 is 2.08 bits per heavy atom. The Labute approximate surface area is 142 Å². The van der Waals surface area contributed by atoms with E-state index in [9.17, 15) is 13.2 Å². The van der Waals surface area contributed by atoms with E-state index in [0.717, 1.165) is 11.3 Å². The number of aryl methyl sites for hydroxylation is 1. The summed E-state index contributed by atoms with van der Waals surface area (Å²) in [7, 11) is -1.28. The summed E-state index contributed by atoms with van der Waals surface area (Å²) in [5, 5.41) is 4.32. The molecule has 0 radical (unpaired) electrons. The Morgan fingerprint density at radius 1 is 1.33 bits per heavy atom. The van der Waals surface area contributed by atoms with Crippen LogP contribution in [0.15, 0.2) is 42.7 Å². The zero-order valence-electron chi connectivity index (χ0n) is 13.6. The molecule has 0 aliphatic carbocycles. The largest absolute Gasteiger partial charge is 0.342 e. The Balaban J connectivity index is 1.56. The molecule has 24 heavy (non-hydrogen) atoms. The summed E-state index contributed by atoms with van der Waals surface area (Å²) in [5.74, 6) is 0.241. The lowest BCUT2D eigenvalue weighted by molar-refractivity contribution is -0.131. The van der Waals surface area contributed by atoms with Crippen LogP contribution in [0.4, 0.5) is 0 Å². The van der Waals surface area contributed by atoms with Gasteiger partial charge in [-0.05, 0) is 30.5 Å². The standard InChI is InChI=1S/C17H21N3O3S/c1-19(16-9-10-24(22,23)13-16)17(21)8-7-14-11-18-20(12-14)15-5-3-2-4-6-15/h2-6,11-12,16H,7-10,13H2,1H3/t16-/m1/s1. The van der Waals surface area contributed by atoms with Crippen LogP contribution in [0.25, 0.3) is 5.69 Å². The van der Waals surface area contributed by atoms with Gasteiger partial charge in [0.1, 0.15) is 0 Å². The monoisotopic (exact) mass is 347 g/mol. The smallest absolute Gasteiger partial charge is 0.222 e. The molecule has 1 saturated heterocycles. The first-order valence-electron chi connectivity index (χ1n) is 8.00. The minimum atomic E-state index is -2.98. The van der Waals surface area contributed by atoms with Gasteiger partial charge in [0, 0.05) is 25.7 Å². The average Bonchev–Trinajstić information content (AvgIpc) is 3.19. The van der Waals surface area contributed by atoms with Crippen molar-refractivity contribution >= 4 is 15.7 Å². The van der Waals surface area contributed by atoms with E-state index in [1.54, 1.807) is 22.8 Å². The van der Waals surface area contributed by atoms with Crippen molar-refractivity contribution in [3.8, 4) is 5.69 Å². The van der Waals surface area contributed by atoms with Gasteiger partial charge in [-0.3, -0.25) is 4.79 Å². The molecule has 1 aliphatic heterocycles. The molecule has 6 nitrogen and oxygen atoms in total. The lowest BCUT2D eigenvalue weighted by Gasteiger charge is -2.23. The maximum atomic E-state index is 12.3. The van der Waals surface area contributed by atoms with Crippen molar-refractivity contribution in [1.29, 1.82) is 0 Å². The second kappa shape index (κ2) is 6.76. The fourth-order valence-electron chi connectivity index (χ4n) is 2.92. The van der Waals surface area contributed by atoms with Crippen molar-refractivity contribution < 1.29 is 13.2 Å². The van der Waals surface area contributed by atoms with Gasteiger partial charge in [0.05, 0.1) is 23.4 Å². The lowest BCUT2D eigenvalue weighted by Crippen LogP contribution is -2.37. The van der Waals surface area contributed by atoms with Gasteiger partial charge in [0.25, 0.3) is 0 Å². The van der Waals surface area contributed by atoms with Crippen molar-refractivity contribution in [2.45, 2.75) is 25.3 Å². The van der Waals surface area contributed by atoms with Gasteiger partial charge in [-0.25, -0.2) is 13.1 Å². The minimum Gasteiger partial charge on any atom is -0.342 e. The van der Waals surface area contributed by atoms with Crippen LogP contribution in [0, 0.1) is 0 Å². The van der Waals surface area contributed by atoms with E-state index in [2.05, 4.69) is 5.10 Å². The Kier molecular flexibility index (Phi) is 4.71. The highest BCUT2D eigenvalue weighted by atomic mass is 32.2. The minimum absolute atomic E-state index is 0.0236. The van der Waals surface area contributed by atoms with E-state index in [-0.39, 0.29) is 23.5 Å². The summed E-state index contributed by atoms with van der Waals surface area (Å²) in [6.07, 6.45) is 5.17. The van der Waals surface area contributed by atoms with Gasteiger partial charge in [-0.15, -0.1) is 0 Å². The number of carbonyl (C=O) groups excluding carboxylic acids is 1. The summed E-state index contributed by atoms with van der Waals surface area (Å²) >= 11 is 0. The van der Waals surface area contributed by atoms with Crippen molar-refractivity contribution in [3.05, 3.63) is 48.3 Å². The van der Waals surface area contributed by atoms with E-state index >= 15 is 0 Å². The summed E-state index contributed by atoms with van der Waals surface area (Å²) < 4.78 is 24.9. The van der Waals surface area contributed by atoms with Gasteiger partial charge >= 0.3 is 0 Å². The topological polar surface area (TPSA) is 72.3 Å². The highest BCUT2D eigenvalue weighted by Gasteiger charge is 2.32. The van der Waals surface area contributed by atoms with Gasteiger partial charge in [-0.2, -0.15) is 5.10 Å². The van der Waals surface area contributed by atoms with Crippen LogP contribution in [0.1, 0.15) is 18.4 Å². The molecule has 1 aliphatic rings. The number of sulfone groups is 1. The highest BCUT2D eigenvalue weighted by molar-refractivity contribution is 7.91. The molecular formula is C17H21N3O3S. The number of benzene rings is 1. The fraction of sp³-hybridized carbons (Fsp3) is 0.412. The second-order valence-corrected chi connectivity index (χ2v) is 8.42. The maximum absolute atomic E-state index is 12.3. The molecule has 1 aromatic carbocycles. The molecule has 0 unspecified atom stereocenters. The van der Waals surface area contributed by atoms with Crippen LogP contribution in [0.2, 0.25) is 0 Å². The van der Waals surface area contributed by atoms with Crippen molar-refractivity contribution in [2.75, 3.05) is 18.6 Å². The molecule has 0 N–H and O–H groups in total. The number of carbonyl (C=O) groups is 1. The molecule has 0 spiro atoms. The van der Waals surface area contributed by atoms with Crippen LogP contribution < -0.4 is 0 Å². The molecule has 1 aromatic heterocycles. The van der Waals surface area contributed by atoms with Crippen LogP contribution in [-0.2, 0) is 21.1 Å². The molecule has 1 atom stereocenters. The normalized spacial score (nSPS) is 19.3. The van der Waals surface area contributed by atoms with Gasteiger partial charge in [0.15, 0.2) is 9.84 Å². The van der Waals surface area contributed by atoms with Crippen LogP contribution >= 0.6 is 0 Å². The molecular weight excluding hydrogens is 326 g/mol.